The molecule has 0 spiro atoms. The van der Waals surface area contributed by atoms with E-state index < -0.39 is 11.1 Å². The number of amidine groups is 1. The van der Waals surface area contributed by atoms with Gasteiger partial charge < -0.3 is 32.8 Å². The van der Waals surface area contributed by atoms with Crippen LogP contribution in [-0.2, 0) is 33.5 Å². The summed E-state index contributed by atoms with van der Waals surface area (Å²) in [5, 5.41) is 11.1. The van der Waals surface area contributed by atoms with E-state index in [2.05, 4.69) is 10.3 Å². The minimum Gasteiger partial charge on any atom is -0.773 e. The van der Waals surface area contributed by atoms with Gasteiger partial charge in [0, 0.05) is 11.7 Å². The fourth-order valence-corrected chi connectivity index (χ4v) is 4.09. The Hall–Kier alpha value is -3.78. The number of carbonyl (C=O) groups is 2. The molecule has 2 amide bonds. The Bertz CT molecular complexity index is 1290. The molecule has 2 rings (SSSR count). The lowest BCUT2D eigenvalue weighted by Crippen LogP contribution is -2.28. The molecular weight excluding hydrogens is 574 g/mol. The van der Waals surface area contributed by atoms with Crippen molar-refractivity contribution in [1.82, 2.24) is 5.32 Å². The molecule has 2 atom stereocenters. The molecule has 0 aliphatic carbocycles. The molecule has 0 bridgehead atoms. The highest BCUT2D eigenvalue weighted by atomic mass is 32.2. The predicted molar refractivity (Wildman–Crippen MR) is 171 cm³/mol. The number of thioether (sulfide) groups is 1. The number of nitrogens with one attached hydrogen (secondary N) is 2. The summed E-state index contributed by atoms with van der Waals surface area (Å²) < 4.78 is 18.0. The van der Waals surface area contributed by atoms with Crippen LogP contribution in [0.15, 0.2) is 83.3 Å². The lowest BCUT2D eigenvalue weighted by molar-refractivity contribution is -0.120. The molecular formula is C29H40N7O4S2-. The Morgan fingerprint density at radius 1 is 1.02 bits per heavy atom. The third kappa shape index (κ3) is 17.8. The smallest absolute Gasteiger partial charge is 0.252 e. The number of aliphatic imine (C=N–C) groups is 1. The van der Waals surface area contributed by atoms with Crippen molar-refractivity contribution in [3.05, 3.63) is 95.0 Å². The molecule has 0 fully saturated rings. The van der Waals surface area contributed by atoms with Crippen molar-refractivity contribution in [2.45, 2.75) is 51.5 Å². The highest BCUT2D eigenvalue weighted by Crippen LogP contribution is 2.14. The van der Waals surface area contributed by atoms with Gasteiger partial charge in [-0.1, -0.05) is 65.7 Å². The van der Waals surface area contributed by atoms with Crippen LogP contribution in [0, 0.1) is 5.41 Å². The van der Waals surface area contributed by atoms with Gasteiger partial charge in [0.15, 0.2) is 5.17 Å². The zero-order valence-corrected chi connectivity index (χ0v) is 25.5. The molecule has 0 heterocycles. The molecule has 10 N–H and O–H groups in total. The number of carbonyl (C=O) groups excluding carboxylic acids is 2. The molecule has 0 saturated carbocycles. The number of allylic oxidation sites excluding steroid dienone is 3. The summed E-state index contributed by atoms with van der Waals surface area (Å²) in [5.74, 6) is -0.366. The van der Waals surface area contributed by atoms with Gasteiger partial charge in [-0.05, 0) is 79.5 Å². The molecule has 2 aromatic carbocycles. The fourth-order valence-electron chi connectivity index (χ4n) is 3.45. The number of rotatable bonds is 12. The summed E-state index contributed by atoms with van der Waals surface area (Å²) >= 11 is -0.870. The van der Waals surface area contributed by atoms with Crippen LogP contribution in [0.1, 0.15) is 55.3 Å². The Balaban J connectivity index is 0.00000206. The van der Waals surface area contributed by atoms with Crippen LogP contribution >= 0.6 is 11.8 Å². The Morgan fingerprint density at radius 2 is 1.64 bits per heavy atom. The normalized spacial score (nSPS) is 13.4. The Morgan fingerprint density at radius 3 is 2.29 bits per heavy atom. The third-order valence-electron chi connectivity index (χ3n) is 5.38. The largest absolute Gasteiger partial charge is 0.773 e. The maximum atomic E-state index is 12.3. The van der Waals surface area contributed by atoms with E-state index in [1.807, 2.05) is 61.5 Å². The highest BCUT2D eigenvalue weighted by molar-refractivity contribution is 8.26. The number of hydrogen-bond donors (Lipinski definition) is 6. The van der Waals surface area contributed by atoms with Crippen LogP contribution in [-0.4, -0.2) is 37.0 Å². The van der Waals surface area contributed by atoms with Crippen molar-refractivity contribution in [3.8, 4) is 0 Å². The molecule has 2 aromatic rings. The second-order valence-electron chi connectivity index (χ2n) is 9.26. The van der Waals surface area contributed by atoms with E-state index in [9.17, 15) is 9.59 Å². The topological polar surface area (TPSA) is 227 Å². The van der Waals surface area contributed by atoms with Crippen molar-refractivity contribution < 1.29 is 18.4 Å². The van der Waals surface area contributed by atoms with E-state index in [4.69, 9.17) is 37.1 Å². The van der Waals surface area contributed by atoms with Gasteiger partial charge in [-0.3, -0.25) is 19.2 Å². The molecule has 0 saturated heterocycles. The van der Waals surface area contributed by atoms with E-state index in [0.717, 1.165) is 47.5 Å². The van der Waals surface area contributed by atoms with Gasteiger partial charge in [0.05, 0.1) is 17.9 Å². The minimum absolute atomic E-state index is 0.0691. The fraction of sp³-hybridized carbons (Fsp3) is 0.310. The molecule has 0 aromatic heterocycles. The summed E-state index contributed by atoms with van der Waals surface area (Å²) in [6.45, 7) is 1.89. The van der Waals surface area contributed by atoms with E-state index >= 15 is 0 Å². The van der Waals surface area contributed by atoms with Gasteiger partial charge in [-0.15, -0.1) is 0 Å². The van der Waals surface area contributed by atoms with Gasteiger partial charge in [-0.2, -0.15) is 4.99 Å². The van der Waals surface area contributed by atoms with Gasteiger partial charge in [0.1, 0.15) is 5.82 Å². The average molecular weight is 615 g/mol. The first-order valence-electron chi connectivity index (χ1n) is 13.1. The second-order valence-corrected chi connectivity index (χ2v) is 11.2. The van der Waals surface area contributed by atoms with E-state index in [0.29, 0.717) is 23.6 Å². The van der Waals surface area contributed by atoms with Crippen molar-refractivity contribution in [2.75, 3.05) is 6.26 Å². The number of amides is 2. The van der Waals surface area contributed by atoms with Crippen molar-refractivity contribution in [1.29, 1.82) is 5.41 Å². The minimum atomic E-state index is -1.86. The van der Waals surface area contributed by atoms with Crippen LogP contribution in [0.3, 0.4) is 0 Å². The number of hydrogen-bond acceptors (Lipinski definition) is 9. The SMILES string of the molecule is CC(N)c1cccc(CC(=O)N/C(N)=C/C=C(\N)CCCCC(=N)SC(N)=NC(=O)Cc2ccccc2)c1.CS(=O)[O-]. The Kier molecular flexibility index (Phi) is 17.4. The third-order valence-corrected chi connectivity index (χ3v) is 6.13. The first-order chi connectivity index (χ1) is 19.8. The quantitative estimate of drug-likeness (QED) is 0.0678. The second kappa shape index (κ2) is 20.2. The molecule has 42 heavy (non-hydrogen) atoms. The summed E-state index contributed by atoms with van der Waals surface area (Å²) in [4.78, 5) is 28.1. The zero-order chi connectivity index (χ0) is 31.5. The number of benzene rings is 2. The zero-order valence-electron chi connectivity index (χ0n) is 23.9. The van der Waals surface area contributed by atoms with Crippen LogP contribution in [0.25, 0.3) is 0 Å². The van der Waals surface area contributed by atoms with Crippen LogP contribution in [0.4, 0.5) is 0 Å². The molecule has 2 unspecified atom stereocenters. The maximum Gasteiger partial charge on any atom is 0.252 e. The summed E-state index contributed by atoms with van der Waals surface area (Å²) in [5.41, 5.74) is 26.9. The number of nitrogens with zero attached hydrogens (tertiary/aromatic N) is 1. The van der Waals surface area contributed by atoms with Crippen LogP contribution in [0.2, 0.25) is 0 Å². The Labute approximate surface area is 254 Å². The molecule has 228 valence electrons. The first-order valence-corrected chi connectivity index (χ1v) is 15.4. The van der Waals surface area contributed by atoms with Crippen molar-refractivity contribution in [2.24, 2.45) is 27.9 Å². The first kappa shape index (κ1) is 36.2. The predicted octanol–water partition coefficient (Wildman–Crippen LogP) is 2.86. The van der Waals surface area contributed by atoms with Gasteiger partial charge >= 0.3 is 0 Å². The number of unbranched alkanes of at least 4 members (excludes halogenated alkanes) is 1. The van der Waals surface area contributed by atoms with Crippen LogP contribution < -0.4 is 28.3 Å². The van der Waals surface area contributed by atoms with Crippen LogP contribution in [0.5, 0.6) is 0 Å². The van der Waals surface area contributed by atoms with E-state index in [1.54, 1.807) is 12.2 Å². The van der Waals surface area contributed by atoms with Crippen molar-refractivity contribution >= 4 is 44.9 Å². The lowest BCUT2D eigenvalue weighted by atomic mass is 10.0. The molecule has 0 aliphatic heterocycles. The monoisotopic (exact) mass is 614 g/mol. The van der Waals surface area contributed by atoms with E-state index in [1.165, 1.54) is 0 Å². The van der Waals surface area contributed by atoms with Gasteiger partial charge in [0.2, 0.25) is 5.91 Å². The standard InChI is InChI=1S/C28H37N7O2S.CH4O2S/c1-19(29)22-11-7-10-21(16-22)18-26(36)34-24(31)15-14-23(30)12-5-6-13-25(32)38-28(33)35-27(37)17-20-8-3-2-4-9-20;1-4(2)3/h2-4,7-11,14-16,19,32H,5-6,12-13,17-18,29-31H2,1H3,(H,34,36)(H2,33,35,37);1H3,(H,2,3)/p-1/b23-14-,24-15+,32-25?;. The maximum absolute atomic E-state index is 12.3. The molecule has 13 heteroatoms. The number of nitrogens with two attached hydrogens (primary N) is 4. The van der Waals surface area contributed by atoms with Gasteiger partial charge in [-0.25, -0.2) is 0 Å². The average Bonchev–Trinajstić information content (AvgIpc) is 2.90. The van der Waals surface area contributed by atoms with Crippen molar-refractivity contribution in [3.63, 3.8) is 0 Å². The van der Waals surface area contributed by atoms with Gasteiger partial charge in [0.25, 0.3) is 5.91 Å². The van der Waals surface area contributed by atoms with E-state index in [-0.39, 0.29) is 41.7 Å². The summed E-state index contributed by atoms with van der Waals surface area (Å²) in [6.07, 6.45) is 7.26. The highest BCUT2D eigenvalue weighted by Gasteiger charge is 2.08. The summed E-state index contributed by atoms with van der Waals surface area (Å²) in [6, 6.07) is 16.8. The molecule has 0 radical (unpaired) electrons. The lowest BCUT2D eigenvalue weighted by Gasteiger charge is -2.09. The summed E-state index contributed by atoms with van der Waals surface area (Å²) in [7, 11) is 0. The molecule has 0 aliphatic rings. The molecule has 11 nitrogen and oxygen atoms in total.